The number of nitrogens with zero attached hydrogens (tertiary/aromatic N) is 3. The summed E-state index contributed by atoms with van der Waals surface area (Å²) >= 11 is 6.24. The van der Waals surface area contributed by atoms with Gasteiger partial charge in [-0.2, -0.15) is 0 Å². The van der Waals surface area contributed by atoms with Crippen molar-refractivity contribution in [3.05, 3.63) is 88.7 Å². The van der Waals surface area contributed by atoms with Gasteiger partial charge in [-0.3, -0.25) is 4.79 Å². The van der Waals surface area contributed by atoms with Gasteiger partial charge in [0.25, 0.3) is 5.91 Å². The van der Waals surface area contributed by atoms with Crippen molar-refractivity contribution >= 4 is 23.2 Å². The Morgan fingerprint density at radius 3 is 2.52 bits per heavy atom. The second-order valence-corrected chi connectivity index (χ2v) is 7.56. The number of ether oxygens (including phenoxy) is 1. The molecule has 0 aliphatic carbocycles. The molecule has 0 atom stereocenters. The molecular formula is C24H21ClN4O2. The van der Waals surface area contributed by atoms with Gasteiger partial charge in [-0.15, -0.1) is 5.10 Å². The van der Waals surface area contributed by atoms with Gasteiger partial charge in [0.2, 0.25) is 5.82 Å². The number of methoxy groups -OCH3 is 1. The lowest BCUT2D eigenvalue weighted by atomic mass is 10.1. The highest BCUT2D eigenvalue weighted by Crippen LogP contribution is 2.27. The van der Waals surface area contributed by atoms with Crippen LogP contribution >= 0.6 is 11.6 Å². The Kier molecular flexibility index (Phi) is 5.73. The van der Waals surface area contributed by atoms with Crippen LogP contribution < -0.4 is 10.1 Å². The Balaban J connectivity index is 1.80. The number of aromatic nitrogens is 3. The maximum Gasteiger partial charge on any atom is 0.295 e. The summed E-state index contributed by atoms with van der Waals surface area (Å²) in [7, 11) is 1.55. The number of hydrogen-bond acceptors (Lipinski definition) is 4. The van der Waals surface area contributed by atoms with Gasteiger partial charge < -0.3 is 10.1 Å². The highest BCUT2D eigenvalue weighted by atomic mass is 35.5. The van der Waals surface area contributed by atoms with E-state index < -0.39 is 5.91 Å². The molecule has 0 saturated carbocycles. The summed E-state index contributed by atoms with van der Waals surface area (Å²) in [5.41, 5.74) is 4.23. The summed E-state index contributed by atoms with van der Waals surface area (Å²) in [6.07, 6.45) is 0. The van der Waals surface area contributed by atoms with E-state index >= 15 is 0 Å². The standard InChI is InChI=1S/C24H21ClN4O2/c1-15-8-11-17(12-9-15)23-27-22(24(30)26-19-6-4-5-7-21(19)31-3)28-29(23)20-14-18(25)13-10-16(20)2/h4-14H,1-3H3,(H,26,30). The largest absolute Gasteiger partial charge is 0.495 e. The minimum Gasteiger partial charge on any atom is -0.495 e. The first-order valence-electron chi connectivity index (χ1n) is 9.71. The van der Waals surface area contributed by atoms with E-state index in [1.807, 2.05) is 68.4 Å². The third-order valence-electron chi connectivity index (χ3n) is 4.87. The fraction of sp³-hybridized carbons (Fsp3) is 0.125. The number of rotatable bonds is 5. The van der Waals surface area contributed by atoms with E-state index in [9.17, 15) is 4.79 Å². The van der Waals surface area contributed by atoms with Gasteiger partial charge in [0.1, 0.15) is 5.75 Å². The molecule has 1 aromatic heterocycles. The second kappa shape index (κ2) is 8.62. The van der Waals surface area contributed by atoms with Crippen LogP contribution in [0.5, 0.6) is 5.75 Å². The van der Waals surface area contributed by atoms with Crippen molar-refractivity contribution in [2.45, 2.75) is 13.8 Å². The lowest BCUT2D eigenvalue weighted by Gasteiger charge is -2.10. The molecule has 3 aromatic carbocycles. The van der Waals surface area contributed by atoms with Crippen LogP contribution in [-0.4, -0.2) is 27.8 Å². The maximum atomic E-state index is 13.0. The number of hydrogen-bond donors (Lipinski definition) is 1. The predicted octanol–water partition coefficient (Wildman–Crippen LogP) is 5.47. The van der Waals surface area contributed by atoms with E-state index in [1.165, 1.54) is 0 Å². The average molecular weight is 433 g/mol. The molecule has 0 radical (unpaired) electrons. The fourth-order valence-electron chi connectivity index (χ4n) is 3.20. The first kappa shape index (κ1) is 20.6. The molecule has 31 heavy (non-hydrogen) atoms. The number of carbonyl (C=O) groups excluding carboxylic acids is 1. The number of carbonyl (C=O) groups is 1. The van der Waals surface area contributed by atoms with Crippen LogP contribution in [0.1, 0.15) is 21.7 Å². The summed E-state index contributed by atoms with van der Waals surface area (Å²) in [6, 6.07) is 20.6. The Hall–Kier alpha value is -3.64. The predicted molar refractivity (Wildman–Crippen MR) is 122 cm³/mol. The van der Waals surface area contributed by atoms with Crippen molar-refractivity contribution in [2.24, 2.45) is 0 Å². The lowest BCUT2D eigenvalue weighted by Crippen LogP contribution is -2.15. The topological polar surface area (TPSA) is 69.0 Å². The molecule has 0 aliphatic heterocycles. The number of amides is 1. The second-order valence-electron chi connectivity index (χ2n) is 7.12. The van der Waals surface area contributed by atoms with Crippen LogP contribution in [0.3, 0.4) is 0 Å². The molecule has 1 N–H and O–H groups in total. The number of halogens is 1. The van der Waals surface area contributed by atoms with Crippen molar-refractivity contribution in [1.29, 1.82) is 0 Å². The first-order chi connectivity index (χ1) is 15.0. The van der Waals surface area contributed by atoms with Gasteiger partial charge in [0.15, 0.2) is 5.82 Å². The highest BCUT2D eigenvalue weighted by Gasteiger charge is 2.21. The fourth-order valence-corrected chi connectivity index (χ4v) is 3.37. The first-order valence-corrected chi connectivity index (χ1v) is 10.1. The van der Waals surface area contributed by atoms with Crippen molar-refractivity contribution < 1.29 is 9.53 Å². The average Bonchev–Trinajstić information content (AvgIpc) is 3.21. The van der Waals surface area contributed by atoms with E-state index in [2.05, 4.69) is 15.4 Å². The minimum absolute atomic E-state index is 0.0425. The van der Waals surface area contributed by atoms with Crippen LogP contribution in [-0.2, 0) is 0 Å². The summed E-state index contributed by atoms with van der Waals surface area (Å²) in [4.78, 5) is 17.6. The molecule has 0 saturated heterocycles. The van der Waals surface area contributed by atoms with Gasteiger partial charge >= 0.3 is 0 Å². The Morgan fingerprint density at radius 2 is 1.77 bits per heavy atom. The minimum atomic E-state index is -0.434. The Bertz CT molecular complexity index is 1250. The molecule has 6 nitrogen and oxygen atoms in total. The van der Waals surface area contributed by atoms with Crippen LogP contribution in [0.2, 0.25) is 5.02 Å². The zero-order chi connectivity index (χ0) is 22.0. The van der Waals surface area contributed by atoms with E-state index in [0.29, 0.717) is 22.3 Å². The number of anilines is 1. The molecule has 0 bridgehead atoms. The molecule has 4 aromatic rings. The number of nitrogens with one attached hydrogen (secondary N) is 1. The molecule has 0 fully saturated rings. The van der Waals surface area contributed by atoms with Gasteiger partial charge in [-0.1, -0.05) is 59.6 Å². The van der Waals surface area contributed by atoms with E-state index in [1.54, 1.807) is 23.9 Å². The van der Waals surface area contributed by atoms with Crippen LogP contribution in [0, 0.1) is 13.8 Å². The van der Waals surface area contributed by atoms with Crippen molar-refractivity contribution in [3.8, 4) is 22.8 Å². The zero-order valence-electron chi connectivity index (χ0n) is 17.4. The summed E-state index contributed by atoms with van der Waals surface area (Å²) < 4.78 is 6.97. The molecule has 0 unspecified atom stereocenters. The maximum absolute atomic E-state index is 13.0. The Labute approximate surface area is 185 Å². The summed E-state index contributed by atoms with van der Waals surface area (Å²) in [5, 5.41) is 7.93. The van der Waals surface area contributed by atoms with Gasteiger partial charge in [-0.25, -0.2) is 9.67 Å². The number of aryl methyl sites for hydroxylation is 2. The number of para-hydroxylation sites is 2. The molecular weight excluding hydrogens is 412 g/mol. The van der Waals surface area contributed by atoms with Gasteiger partial charge in [0, 0.05) is 10.6 Å². The monoisotopic (exact) mass is 432 g/mol. The number of benzene rings is 3. The van der Waals surface area contributed by atoms with Crippen molar-refractivity contribution in [3.63, 3.8) is 0 Å². The van der Waals surface area contributed by atoms with Crippen molar-refractivity contribution in [1.82, 2.24) is 14.8 Å². The Morgan fingerprint density at radius 1 is 1.03 bits per heavy atom. The van der Waals surface area contributed by atoms with E-state index in [-0.39, 0.29) is 5.82 Å². The summed E-state index contributed by atoms with van der Waals surface area (Å²) in [5.74, 6) is 0.715. The smallest absolute Gasteiger partial charge is 0.295 e. The van der Waals surface area contributed by atoms with Gasteiger partial charge in [-0.05, 0) is 43.7 Å². The SMILES string of the molecule is COc1ccccc1NC(=O)c1nc(-c2ccc(C)cc2)n(-c2cc(Cl)ccc2C)n1. The molecule has 0 spiro atoms. The van der Waals surface area contributed by atoms with E-state index in [4.69, 9.17) is 16.3 Å². The lowest BCUT2D eigenvalue weighted by molar-refractivity contribution is 0.101. The zero-order valence-corrected chi connectivity index (χ0v) is 18.1. The van der Waals surface area contributed by atoms with Crippen LogP contribution in [0.4, 0.5) is 5.69 Å². The molecule has 7 heteroatoms. The molecule has 0 aliphatic rings. The van der Waals surface area contributed by atoms with Crippen molar-refractivity contribution in [2.75, 3.05) is 12.4 Å². The third-order valence-corrected chi connectivity index (χ3v) is 5.11. The third kappa shape index (κ3) is 4.29. The van der Waals surface area contributed by atoms with Gasteiger partial charge in [0.05, 0.1) is 18.5 Å². The normalized spacial score (nSPS) is 10.7. The molecule has 156 valence electrons. The van der Waals surface area contributed by atoms with Crippen LogP contribution in [0.25, 0.3) is 17.1 Å². The molecule has 1 amide bonds. The highest BCUT2D eigenvalue weighted by molar-refractivity contribution is 6.30. The quantitative estimate of drug-likeness (QED) is 0.454. The molecule has 4 rings (SSSR count). The molecule has 1 heterocycles. The van der Waals surface area contributed by atoms with Crippen LogP contribution in [0.15, 0.2) is 66.7 Å². The van der Waals surface area contributed by atoms with E-state index in [0.717, 1.165) is 22.4 Å². The summed E-state index contributed by atoms with van der Waals surface area (Å²) in [6.45, 7) is 3.97.